The number of hydrogen-bond acceptors (Lipinski definition) is 3. The second-order valence-corrected chi connectivity index (χ2v) is 5.96. The first kappa shape index (κ1) is 18.0. The number of guanidine groups is 1. The van der Waals surface area contributed by atoms with Gasteiger partial charge >= 0.3 is 0 Å². The van der Waals surface area contributed by atoms with E-state index in [1.807, 2.05) is 41.9 Å². The lowest BCUT2D eigenvalue weighted by Gasteiger charge is -2.22. The number of aliphatic imine (C=N–C) groups is 1. The van der Waals surface area contributed by atoms with Gasteiger partial charge in [-0.25, -0.2) is 0 Å². The fourth-order valence-corrected chi connectivity index (χ4v) is 2.72. The third kappa shape index (κ3) is 4.35. The first-order chi connectivity index (χ1) is 11.4. The van der Waals surface area contributed by atoms with Crippen LogP contribution >= 0.6 is 11.6 Å². The number of aromatic hydroxyl groups is 1. The summed E-state index contributed by atoms with van der Waals surface area (Å²) in [6, 6.07) is 7.25. The molecule has 0 radical (unpaired) electrons. The predicted octanol–water partition coefficient (Wildman–Crippen LogP) is 2.60. The van der Waals surface area contributed by atoms with Gasteiger partial charge in [0.1, 0.15) is 0 Å². The monoisotopic (exact) mass is 350 g/mol. The van der Waals surface area contributed by atoms with E-state index >= 15 is 0 Å². The molecule has 1 heterocycles. The van der Waals surface area contributed by atoms with Gasteiger partial charge in [0.05, 0.1) is 18.7 Å². The van der Waals surface area contributed by atoms with Crippen molar-refractivity contribution >= 4 is 17.6 Å². The number of ether oxygens (including phenoxy) is 1. The Kier molecular flexibility index (Phi) is 5.98. The lowest BCUT2D eigenvalue weighted by Crippen LogP contribution is -2.38. The topological polar surface area (TPSA) is 62.0 Å². The van der Waals surface area contributed by atoms with Crippen molar-refractivity contribution in [2.24, 2.45) is 12.0 Å². The van der Waals surface area contributed by atoms with E-state index in [2.05, 4.69) is 10.3 Å². The molecule has 0 saturated carbocycles. The Morgan fingerprint density at radius 1 is 1.42 bits per heavy atom. The quantitative estimate of drug-likeness (QED) is 0.642. The summed E-state index contributed by atoms with van der Waals surface area (Å²) in [4.78, 5) is 6.30. The van der Waals surface area contributed by atoms with Crippen LogP contribution in [0.15, 0.2) is 35.5 Å². The Morgan fingerprint density at radius 2 is 2.17 bits per heavy atom. The van der Waals surface area contributed by atoms with Crippen molar-refractivity contribution in [2.75, 3.05) is 21.2 Å². The Morgan fingerprint density at radius 3 is 2.71 bits per heavy atom. The van der Waals surface area contributed by atoms with Gasteiger partial charge in [0.2, 0.25) is 0 Å². The van der Waals surface area contributed by atoms with E-state index in [0.29, 0.717) is 18.8 Å². The first-order valence-corrected chi connectivity index (χ1v) is 7.90. The van der Waals surface area contributed by atoms with Crippen LogP contribution in [0.3, 0.4) is 0 Å². The lowest BCUT2D eigenvalue weighted by atomic mass is 10.2. The summed E-state index contributed by atoms with van der Waals surface area (Å²) >= 11 is 6.02. The van der Waals surface area contributed by atoms with Gasteiger partial charge < -0.3 is 24.6 Å². The Bertz CT molecular complexity index is 727. The molecular weight excluding hydrogens is 328 g/mol. The highest BCUT2D eigenvalue weighted by molar-refractivity contribution is 6.30. The van der Waals surface area contributed by atoms with Gasteiger partial charge in [0.15, 0.2) is 17.5 Å². The van der Waals surface area contributed by atoms with E-state index in [-0.39, 0.29) is 5.75 Å². The van der Waals surface area contributed by atoms with Crippen molar-refractivity contribution in [3.8, 4) is 11.5 Å². The molecule has 2 aromatic rings. The van der Waals surface area contributed by atoms with Crippen LogP contribution in [0, 0.1) is 0 Å². The molecule has 0 unspecified atom stereocenters. The number of phenols is 1. The van der Waals surface area contributed by atoms with Gasteiger partial charge in [-0.2, -0.15) is 0 Å². The molecule has 2 rings (SSSR count). The van der Waals surface area contributed by atoms with Gasteiger partial charge in [-0.15, -0.1) is 0 Å². The van der Waals surface area contributed by atoms with E-state index in [4.69, 9.17) is 16.3 Å². The number of rotatable bonds is 5. The number of hydrogen-bond donors (Lipinski definition) is 2. The molecule has 7 heteroatoms. The zero-order valence-corrected chi connectivity index (χ0v) is 15.1. The molecule has 0 amide bonds. The fraction of sp³-hybridized carbons (Fsp3) is 0.353. The molecule has 2 N–H and O–H groups in total. The molecular formula is C17H23ClN4O2. The standard InChI is InChI=1S/C17H23ClN4O2/c1-19-17(22(3)11-14-8-13(18)10-21(14)2)20-9-12-5-6-16(24-4)15(23)7-12/h5-8,10,23H,9,11H2,1-4H3,(H,19,20). The van der Waals surface area contributed by atoms with E-state index in [0.717, 1.165) is 22.2 Å². The lowest BCUT2D eigenvalue weighted by molar-refractivity contribution is 0.373. The highest BCUT2D eigenvalue weighted by Crippen LogP contribution is 2.26. The summed E-state index contributed by atoms with van der Waals surface area (Å²) in [6.07, 6.45) is 1.88. The largest absolute Gasteiger partial charge is 0.504 e. The molecule has 1 aromatic heterocycles. The highest BCUT2D eigenvalue weighted by atomic mass is 35.5. The van der Waals surface area contributed by atoms with Crippen molar-refractivity contribution < 1.29 is 9.84 Å². The SMILES string of the molecule is CN=C(NCc1ccc(OC)c(O)c1)N(C)Cc1cc(Cl)cn1C. The molecule has 0 atom stereocenters. The molecule has 1 aromatic carbocycles. The van der Waals surface area contributed by atoms with Crippen molar-refractivity contribution in [3.63, 3.8) is 0 Å². The maximum absolute atomic E-state index is 9.84. The van der Waals surface area contributed by atoms with Crippen LogP contribution in [0.4, 0.5) is 0 Å². The zero-order valence-electron chi connectivity index (χ0n) is 14.4. The van der Waals surface area contributed by atoms with Crippen LogP contribution in [0.25, 0.3) is 0 Å². The van der Waals surface area contributed by atoms with E-state index in [1.54, 1.807) is 19.2 Å². The molecule has 6 nitrogen and oxygen atoms in total. The van der Waals surface area contributed by atoms with E-state index in [9.17, 15) is 5.11 Å². The summed E-state index contributed by atoms with van der Waals surface area (Å²) in [7, 11) is 7.19. The summed E-state index contributed by atoms with van der Waals surface area (Å²) in [5.74, 6) is 1.34. The molecule has 0 bridgehead atoms. The minimum atomic E-state index is 0.124. The zero-order chi connectivity index (χ0) is 17.7. The summed E-state index contributed by atoms with van der Waals surface area (Å²) in [5.41, 5.74) is 2.03. The van der Waals surface area contributed by atoms with Gasteiger partial charge in [-0.3, -0.25) is 4.99 Å². The van der Waals surface area contributed by atoms with Gasteiger partial charge in [-0.1, -0.05) is 17.7 Å². The molecule has 0 aliphatic carbocycles. The first-order valence-electron chi connectivity index (χ1n) is 7.53. The van der Waals surface area contributed by atoms with E-state index < -0.39 is 0 Å². The average molecular weight is 351 g/mol. The van der Waals surface area contributed by atoms with Gasteiger partial charge in [0, 0.05) is 39.6 Å². The van der Waals surface area contributed by atoms with Crippen molar-refractivity contribution in [2.45, 2.75) is 13.1 Å². The number of methoxy groups -OCH3 is 1. The second kappa shape index (κ2) is 7.97. The summed E-state index contributed by atoms with van der Waals surface area (Å²) < 4.78 is 7.04. The third-order valence-corrected chi connectivity index (χ3v) is 3.95. The van der Waals surface area contributed by atoms with E-state index in [1.165, 1.54) is 7.11 Å². The van der Waals surface area contributed by atoms with Crippen LogP contribution < -0.4 is 10.1 Å². The fourth-order valence-electron chi connectivity index (χ4n) is 2.45. The van der Waals surface area contributed by atoms with Crippen LogP contribution in [-0.2, 0) is 20.1 Å². The number of nitrogens with one attached hydrogen (secondary N) is 1. The summed E-state index contributed by atoms with van der Waals surface area (Å²) in [6.45, 7) is 1.22. The van der Waals surface area contributed by atoms with Crippen LogP contribution in [0.1, 0.15) is 11.3 Å². The molecule has 0 fully saturated rings. The maximum Gasteiger partial charge on any atom is 0.194 e. The number of aryl methyl sites for hydroxylation is 1. The smallest absolute Gasteiger partial charge is 0.194 e. The molecule has 0 aliphatic rings. The van der Waals surface area contributed by atoms with Crippen molar-refractivity contribution in [1.82, 2.24) is 14.8 Å². The van der Waals surface area contributed by atoms with Gasteiger partial charge in [-0.05, 0) is 23.8 Å². The highest BCUT2D eigenvalue weighted by Gasteiger charge is 2.10. The van der Waals surface area contributed by atoms with Crippen LogP contribution in [0.5, 0.6) is 11.5 Å². The van der Waals surface area contributed by atoms with Crippen molar-refractivity contribution in [1.29, 1.82) is 0 Å². The molecule has 0 aliphatic heterocycles. The third-order valence-electron chi connectivity index (χ3n) is 3.74. The number of nitrogens with zero attached hydrogens (tertiary/aromatic N) is 3. The Balaban J connectivity index is 1.99. The average Bonchev–Trinajstić information content (AvgIpc) is 2.85. The number of aromatic nitrogens is 1. The molecule has 0 spiro atoms. The normalized spacial score (nSPS) is 11.5. The van der Waals surface area contributed by atoms with Crippen molar-refractivity contribution in [3.05, 3.63) is 46.7 Å². The van der Waals surface area contributed by atoms with Crippen LogP contribution in [-0.4, -0.2) is 41.7 Å². The Hall–Kier alpha value is -2.34. The van der Waals surface area contributed by atoms with Gasteiger partial charge in [0.25, 0.3) is 0 Å². The maximum atomic E-state index is 9.84. The minimum Gasteiger partial charge on any atom is -0.504 e. The number of halogens is 1. The number of phenolic OH excluding ortho intramolecular Hbond substituents is 1. The second-order valence-electron chi connectivity index (χ2n) is 5.52. The molecule has 130 valence electrons. The molecule has 24 heavy (non-hydrogen) atoms. The van der Waals surface area contributed by atoms with Crippen LogP contribution in [0.2, 0.25) is 5.02 Å². The molecule has 0 saturated heterocycles. The Labute approximate surface area is 147 Å². The summed E-state index contributed by atoms with van der Waals surface area (Å²) in [5, 5.41) is 13.8. The minimum absolute atomic E-state index is 0.124. The number of benzene rings is 1. The predicted molar refractivity (Wildman–Crippen MR) is 96.7 cm³/mol.